The Labute approximate surface area is 107 Å². The molecule has 0 saturated carbocycles. The highest BCUT2D eigenvalue weighted by atomic mass is 32.1. The van der Waals surface area contributed by atoms with Crippen LogP contribution >= 0.6 is 11.3 Å². The van der Waals surface area contributed by atoms with Crippen molar-refractivity contribution in [3.63, 3.8) is 0 Å². The molecule has 0 unspecified atom stereocenters. The summed E-state index contributed by atoms with van der Waals surface area (Å²) in [6.07, 6.45) is 0.0909. The van der Waals surface area contributed by atoms with Crippen molar-refractivity contribution in [2.75, 3.05) is 12.0 Å². The Kier molecular flexibility index (Phi) is 5.25. The smallest absolute Gasteiger partial charge is 0.351 e. The minimum atomic E-state index is -1.11. The lowest BCUT2D eigenvalue weighted by Gasteiger charge is -1.98. The van der Waals surface area contributed by atoms with Gasteiger partial charge in [-0.25, -0.2) is 9.78 Å². The number of hydrazone groups is 1. The molecular formula is C10H13N3O4S. The van der Waals surface area contributed by atoms with Gasteiger partial charge in [-0.3, -0.25) is 10.2 Å². The standard InChI is InChI=1S/C10H13N3O4S/c1-3-17-8(14)4-7-5-18-10(11-7)13-12-6(2)9(15)16/h5H,3-4H2,1-2H3,(H,11,13)(H,15,16). The third-order valence-electron chi connectivity index (χ3n) is 1.81. The number of thiazole rings is 1. The molecule has 7 nitrogen and oxygen atoms in total. The summed E-state index contributed by atoms with van der Waals surface area (Å²) >= 11 is 1.23. The van der Waals surface area contributed by atoms with Crippen molar-refractivity contribution in [2.45, 2.75) is 20.3 Å². The first kappa shape index (κ1) is 14.1. The van der Waals surface area contributed by atoms with E-state index in [0.717, 1.165) is 0 Å². The Hall–Kier alpha value is -1.96. The monoisotopic (exact) mass is 271 g/mol. The summed E-state index contributed by atoms with van der Waals surface area (Å²) in [7, 11) is 0. The zero-order valence-corrected chi connectivity index (χ0v) is 10.8. The Morgan fingerprint density at radius 1 is 1.61 bits per heavy atom. The van der Waals surface area contributed by atoms with E-state index in [-0.39, 0.29) is 18.1 Å². The van der Waals surface area contributed by atoms with Crippen LogP contribution in [0.4, 0.5) is 5.13 Å². The van der Waals surface area contributed by atoms with Gasteiger partial charge in [-0.2, -0.15) is 5.10 Å². The molecule has 2 N–H and O–H groups in total. The molecule has 0 aliphatic carbocycles. The molecule has 0 saturated heterocycles. The van der Waals surface area contributed by atoms with E-state index in [0.29, 0.717) is 17.4 Å². The van der Waals surface area contributed by atoms with E-state index in [4.69, 9.17) is 9.84 Å². The van der Waals surface area contributed by atoms with Crippen molar-refractivity contribution in [1.29, 1.82) is 0 Å². The summed E-state index contributed by atoms with van der Waals surface area (Å²) in [5.74, 6) is -1.45. The summed E-state index contributed by atoms with van der Waals surface area (Å²) in [6.45, 7) is 3.42. The Bertz CT molecular complexity index is 469. The SMILES string of the molecule is CCOC(=O)Cc1csc(NN=C(C)C(=O)O)n1. The van der Waals surface area contributed by atoms with Crippen LogP contribution in [0.3, 0.4) is 0 Å². The molecule has 0 aliphatic heterocycles. The number of nitrogens with zero attached hydrogens (tertiary/aromatic N) is 2. The van der Waals surface area contributed by atoms with Crippen molar-refractivity contribution in [1.82, 2.24) is 4.98 Å². The average molecular weight is 271 g/mol. The third kappa shape index (κ3) is 4.50. The topological polar surface area (TPSA) is 101 Å². The van der Waals surface area contributed by atoms with E-state index in [9.17, 15) is 9.59 Å². The fraction of sp³-hybridized carbons (Fsp3) is 0.400. The molecule has 0 fully saturated rings. The molecule has 1 rings (SSSR count). The van der Waals surface area contributed by atoms with E-state index in [2.05, 4.69) is 15.5 Å². The predicted octanol–water partition coefficient (Wildman–Crippen LogP) is 1.12. The summed E-state index contributed by atoms with van der Waals surface area (Å²) < 4.78 is 4.78. The van der Waals surface area contributed by atoms with Gasteiger partial charge >= 0.3 is 11.9 Å². The highest BCUT2D eigenvalue weighted by Crippen LogP contribution is 2.16. The molecule has 0 radical (unpaired) electrons. The van der Waals surface area contributed by atoms with Gasteiger partial charge in [0.2, 0.25) is 5.13 Å². The molecule has 0 spiro atoms. The highest BCUT2D eigenvalue weighted by molar-refractivity contribution is 7.13. The molecule has 98 valence electrons. The number of aromatic nitrogens is 1. The number of hydrogen-bond acceptors (Lipinski definition) is 7. The first-order valence-corrected chi connectivity index (χ1v) is 6.04. The van der Waals surface area contributed by atoms with Crippen molar-refractivity contribution >= 4 is 34.1 Å². The summed E-state index contributed by atoms with van der Waals surface area (Å²) in [6, 6.07) is 0. The maximum absolute atomic E-state index is 11.2. The van der Waals surface area contributed by atoms with Gasteiger partial charge in [-0.15, -0.1) is 11.3 Å². The van der Waals surface area contributed by atoms with Gasteiger partial charge in [0.05, 0.1) is 18.7 Å². The van der Waals surface area contributed by atoms with E-state index in [1.54, 1.807) is 12.3 Å². The Morgan fingerprint density at radius 2 is 2.33 bits per heavy atom. The van der Waals surface area contributed by atoms with Crippen molar-refractivity contribution in [3.8, 4) is 0 Å². The number of anilines is 1. The van der Waals surface area contributed by atoms with Crippen LogP contribution in [0, 0.1) is 0 Å². The second-order valence-electron chi connectivity index (χ2n) is 3.24. The fourth-order valence-corrected chi connectivity index (χ4v) is 1.63. The molecule has 1 aromatic heterocycles. The van der Waals surface area contributed by atoms with Crippen LogP contribution in [0.25, 0.3) is 0 Å². The maximum Gasteiger partial charge on any atom is 0.351 e. The molecule has 1 aromatic rings. The van der Waals surface area contributed by atoms with Gasteiger partial charge in [0, 0.05) is 5.38 Å². The average Bonchev–Trinajstić information content (AvgIpc) is 2.73. The second-order valence-corrected chi connectivity index (χ2v) is 4.10. The van der Waals surface area contributed by atoms with Gasteiger partial charge in [0.1, 0.15) is 5.71 Å². The quantitative estimate of drug-likeness (QED) is 0.457. The first-order valence-electron chi connectivity index (χ1n) is 5.16. The lowest BCUT2D eigenvalue weighted by molar-refractivity contribution is -0.142. The molecule has 8 heteroatoms. The fourth-order valence-electron chi connectivity index (χ4n) is 0.979. The van der Waals surface area contributed by atoms with Gasteiger partial charge < -0.3 is 9.84 Å². The predicted molar refractivity (Wildman–Crippen MR) is 66.8 cm³/mol. The minimum absolute atomic E-state index is 0.0721. The zero-order valence-electron chi connectivity index (χ0n) is 9.97. The van der Waals surface area contributed by atoms with Gasteiger partial charge in [-0.1, -0.05) is 0 Å². The van der Waals surface area contributed by atoms with Crippen LogP contribution in [0.2, 0.25) is 0 Å². The molecule has 1 heterocycles. The van der Waals surface area contributed by atoms with Crippen LogP contribution in [0.5, 0.6) is 0 Å². The van der Waals surface area contributed by atoms with Crippen molar-refractivity contribution in [3.05, 3.63) is 11.1 Å². The number of carboxylic acid groups (broad SMARTS) is 1. The Morgan fingerprint density at radius 3 is 2.94 bits per heavy atom. The molecule has 0 bridgehead atoms. The third-order valence-corrected chi connectivity index (χ3v) is 2.61. The maximum atomic E-state index is 11.2. The summed E-state index contributed by atoms with van der Waals surface area (Å²) in [5, 5.41) is 14.3. The van der Waals surface area contributed by atoms with Crippen molar-refractivity contribution < 1.29 is 19.4 Å². The summed E-state index contributed by atoms with van der Waals surface area (Å²) in [4.78, 5) is 25.8. The van der Waals surface area contributed by atoms with Gasteiger partial charge in [0.25, 0.3) is 0 Å². The number of esters is 1. The minimum Gasteiger partial charge on any atom is -0.477 e. The van der Waals surface area contributed by atoms with E-state index in [1.165, 1.54) is 18.3 Å². The highest BCUT2D eigenvalue weighted by Gasteiger charge is 2.08. The van der Waals surface area contributed by atoms with Gasteiger partial charge in [0.15, 0.2) is 0 Å². The molecule has 0 aromatic carbocycles. The van der Waals surface area contributed by atoms with E-state index in [1.807, 2.05) is 0 Å². The van der Waals surface area contributed by atoms with Gasteiger partial charge in [-0.05, 0) is 13.8 Å². The molecule has 0 atom stereocenters. The second kappa shape index (κ2) is 6.70. The molecule has 0 aliphatic rings. The molecular weight excluding hydrogens is 258 g/mol. The number of rotatable bonds is 6. The van der Waals surface area contributed by atoms with Crippen LogP contribution in [-0.4, -0.2) is 34.3 Å². The zero-order chi connectivity index (χ0) is 13.5. The Balaban J connectivity index is 2.56. The lowest BCUT2D eigenvalue weighted by atomic mass is 10.3. The number of aliphatic carboxylic acids is 1. The lowest BCUT2D eigenvalue weighted by Crippen LogP contribution is -2.10. The van der Waals surface area contributed by atoms with E-state index >= 15 is 0 Å². The number of hydrogen-bond donors (Lipinski definition) is 2. The molecule has 0 amide bonds. The first-order chi connectivity index (χ1) is 8.52. The largest absolute Gasteiger partial charge is 0.477 e. The number of carboxylic acids is 1. The van der Waals surface area contributed by atoms with Crippen molar-refractivity contribution in [2.24, 2.45) is 5.10 Å². The van der Waals surface area contributed by atoms with E-state index < -0.39 is 5.97 Å². The van der Waals surface area contributed by atoms with Crippen LogP contribution < -0.4 is 5.43 Å². The number of nitrogens with one attached hydrogen (secondary N) is 1. The molecule has 18 heavy (non-hydrogen) atoms. The summed E-state index contributed by atoms with van der Waals surface area (Å²) in [5.41, 5.74) is 3.00. The number of ether oxygens (including phenoxy) is 1. The van der Waals surface area contributed by atoms with Crippen LogP contribution in [0.1, 0.15) is 19.5 Å². The number of carbonyl (C=O) groups is 2. The number of carbonyl (C=O) groups excluding carboxylic acids is 1. The van der Waals surface area contributed by atoms with Crippen LogP contribution in [-0.2, 0) is 20.7 Å². The normalized spacial score (nSPS) is 11.1. The van der Waals surface area contributed by atoms with Crippen LogP contribution in [0.15, 0.2) is 10.5 Å².